The Labute approximate surface area is 171 Å². The highest BCUT2D eigenvalue weighted by Gasteiger charge is 2.34. The molecule has 0 spiro atoms. The third-order valence-corrected chi connectivity index (χ3v) is 4.94. The van der Waals surface area contributed by atoms with Crippen LogP contribution in [-0.4, -0.2) is 53.0 Å². The molecular formula is C17H20IN3O4S. The molecule has 2 amide bonds. The summed E-state index contributed by atoms with van der Waals surface area (Å²) in [5.41, 5.74) is 0.493. The van der Waals surface area contributed by atoms with E-state index in [1.165, 1.54) is 0 Å². The summed E-state index contributed by atoms with van der Waals surface area (Å²) in [4.78, 5) is 38.2. The fraction of sp³-hybridized carbons (Fsp3) is 0.412. The minimum Gasteiger partial charge on any atom is -0.463 e. The van der Waals surface area contributed by atoms with E-state index >= 15 is 0 Å². The van der Waals surface area contributed by atoms with Crippen molar-refractivity contribution in [3.05, 3.63) is 33.4 Å². The maximum absolute atomic E-state index is 12.5. The lowest BCUT2D eigenvalue weighted by Gasteiger charge is -2.36. The first-order valence-electron chi connectivity index (χ1n) is 8.13. The minimum absolute atomic E-state index is 0.117. The van der Waals surface area contributed by atoms with Crippen molar-refractivity contribution < 1.29 is 19.1 Å². The van der Waals surface area contributed by atoms with Gasteiger partial charge in [-0.1, -0.05) is 12.1 Å². The Morgan fingerprint density at radius 3 is 2.77 bits per heavy atom. The van der Waals surface area contributed by atoms with Crippen LogP contribution in [0.1, 0.15) is 30.6 Å². The molecule has 0 bridgehead atoms. The van der Waals surface area contributed by atoms with Gasteiger partial charge in [0.25, 0.3) is 5.91 Å². The Kier molecular flexibility index (Phi) is 7.33. The molecule has 1 aliphatic rings. The monoisotopic (exact) mass is 489 g/mol. The number of carbonyl (C=O) groups is 3. The zero-order valence-electron chi connectivity index (χ0n) is 14.5. The Morgan fingerprint density at radius 2 is 2.12 bits per heavy atom. The Morgan fingerprint density at radius 1 is 1.42 bits per heavy atom. The number of thiocarbonyl (C=S) groups is 1. The van der Waals surface area contributed by atoms with E-state index in [1.54, 1.807) is 30.9 Å². The van der Waals surface area contributed by atoms with Crippen LogP contribution in [0.5, 0.6) is 0 Å². The van der Waals surface area contributed by atoms with Crippen LogP contribution in [0, 0.1) is 3.57 Å². The molecule has 1 unspecified atom stereocenters. The average molecular weight is 489 g/mol. The number of benzene rings is 1. The Hall–Kier alpha value is -1.75. The van der Waals surface area contributed by atoms with Gasteiger partial charge in [0.05, 0.1) is 18.1 Å². The number of piperazine rings is 1. The summed E-state index contributed by atoms with van der Waals surface area (Å²) in [6.07, 6.45) is -0.405. The van der Waals surface area contributed by atoms with Crippen molar-refractivity contribution in [3.8, 4) is 0 Å². The SMILES string of the molecule is CC(C)OC(=O)CC1C(=O)NCCN1C(=S)NC(=O)c1ccccc1I. The number of amides is 2. The maximum Gasteiger partial charge on any atom is 0.308 e. The number of hydrogen-bond donors (Lipinski definition) is 2. The van der Waals surface area contributed by atoms with Crippen molar-refractivity contribution in [2.45, 2.75) is 32.4 Å². The molecule has 1 aromatic rings. The van der Waals surface area contributed by atoms with Crippen molar-refractivity contribution in [2.24, 2.45) is 0 Å². The maximum atomic E-state index is 12.5. The molecule has 26 heavy (non-hydrogen) atoms. The molecule has 0 aliphatic carbocycles. The largest absolute Gasteiger partial charge is 0.463 e. The highest BCUT2D eigenvalue weighted by Crippen LogP contribution is 2.14. The van der Waals surface area contributed by atoms with Crippen LogP contribution in [0.2, 0.25) is 0 Å². The first-order chi connectivity index (χ1) is 12.3. The highest BCUT2D eigenvalue weighted by atomic mass is 127. The smallest absolute Gasteiger partial charge is 0.308 e. The second-order valence-corrected chi connectivity index (χ2v) is 7.53. The molecule has 1 saturated heterocycles. The fourth-order valence-electron chi connectivity index (χ4n) is 2.51. The van der Waals surface area contributed by atoms with Crippen molar-refractivity contribution in [1.82, 2.24) is 15.5 Å². The van der Waals surface area contributed by atoms with Gasteiger partial charge in [0.15, 0.2) is 5.11 Å². The van der Waals surface area contributed by atoms with E-state index in [0.717, 1.165) is 3.57 Å². The highest BCUT2D eigenvalue weighted by molar-refractivity contribution is 14.1. The number of hydrogen-bond acceptors (Lipinski definition) is 5. The molecular weight excluding hydrogens is 469 g/mol. The van der Waals surface area contributed by atoms with Crippen LogP contribution in [0.25, 0.3) is 0 Å². The molecule has 1 fully saturated rings. The number of rotatable bonds is 4. The number of carbonyl (C=O) groups excluding carboxylic acids is 3. The molecule has 1 atom stereocenters. The summed E-state index contributed by atoms with van der Waals surface area (Å²) >= 11 is 7.39. The summed E-state index contributed by atoms with van der Waals surface area (Å²) in [6.45, 7) is 4.26. The van der Waals surface area contributed by atoms with E-state index in [9.17, 15) is 14.4 Å². The van der Waals surface area contributed by atoms with Gasteiger partial charge < -0.3 is 15.0 Å². The van der Waals surface area contributed by atoms with Crippen LogP contribution in [0.3, 0.4) is 0 Å². The summed E-state index contributed by atoms with van der Waals surface area (Å²) in [6, 6.07) is 6.30. The predicted octanol–water partition coefficient (Wildman–Crippen LogP) is 1.45. The minimum atomic E-state index is -0.808. The van der Waals surface area contributed by atoms with Gasteiger partial charge in [-0.25, -0.2) is 0 Å². The van der Waals surface area contributed by atoms with Crippen molar-refractivity contribution in [3.63, 3.8) is 0 Å². The molecule has 2 rings (SSSR count). The lowest BCUT2D eigenvalue weighted by Crippen LogP contribution is -2.60. The molecule has 2 N–H and O–H groups in total. The van der Waals surface area contributed by atoms with E-state index in [1.807, 2.05) is 12.1 Å². The van der Waals surface area contributed by atoms with Gasteiger partial charge in [-0.05, 0) is 60.8 Å². The summed E-state index contributed by atoms with van der Waals surface area (Å²) in [5.74, 6) is -1.16. The van der Waals surface area contributed by atoms with Gasteiger partial charge in [0.1, 0.15) is 6.04 Å². The molecule has 9 heteroatoms. The second kappa shape index (κ2) is 9.26. The number of halogens is 1. The van der Waals surface area contributed by atoms with E-state index in [2.05, 4.69) is 33.2 Å². The lowest BCUT2D eigenvalue weighted by atomic mass is 10.1. The standard InChI is InChI=1S/C17H20IN3O4S/c1-10(2)25-14(22)9-13-16(24)19-7-8-21(13)17(26)20-15(23)11-5-3-4-6-12(11)18/h3-6,10,13H,7-9H2,1-2H3,(H,19,24)(H,20,23,26). The zero-order valence-corrected chi connectivity index (χ0v) is 17.4. The van der Waals surface area contributed by atoms with Crippen LogP contribution in [0.15, 0.2) is 24.3 Å². The topological polar surface area (TPSA) is 87.7 Å². The number of nitrogens with one attached hydrogen (secondary N) is 2. The second-order valence-electron chi connectivity index (χ2n) is 5.98. The van der Waals surface area contributed by atoms with Gasteiger partial charge >= 0.3 is 5.97 Å². The summed E-state index contributed by atoms with van der Waals surface area (Å²) in [5, 5.41) is 5.48. The van der Waals surface area contributed by atoms with E-state index in [4.69, 9.17) is 17.0 Å². The first kappa shape index (κ1) is 20.6. The number of nitrogens with zero attached hydrogens (tertiary/aromatic N) is 1. The normalized spacial score (nSPS) is 16.8. The first-order valence-corrected chi connectivity index (χ1v) is 9.62. The van der Waals surface area contributed by atoms with Crippen LogP contribution in [0.4, 0.5) is 0 Å². The quantitative estimate of drug-likeness (QED) is 0.379. The third kappa shape index (κ3) is 5.37. The van der Waals surface area contributed by atoms with Crippen LogP contribution >= 0.6 is 34.8 Å². The van der Waals surface area contributed by atoms with E-state index < -0.39 is 12.0 Å². The van der Waals surface area contributed by atoms with Gasteiger partial charge in [-0.3, -0.25) is 19.7 Å². The van der Waals surface area contributed by atoms with Crippen LogP contribution in [-0.2, 0) is 14.3 Å². The fourth-order valence-corrected chi connectivity index (χ4v) is 3.45. The summed E-state index contributed by atoms with van der Waals surface area (Å²) < 4.78 is 5.91. The molecule has 1 heterocycles. The number of esters is 1. The molecule has 1 aromatic carbocycles. The van der Waals surface area contributed by atoms with Gasteiger partial charge in [-0.15, -0.1) is 0 Å². The predicted molar refractivity (Wildman–Crippen MR) is 109 cm³/mol. The molecule has 0 radical (unpaired) electrons. The molecule has 140 valence electrons. The molecule has 0 saturated carbocycles. The molecule has 1 aliphatic heterocycles. The zero-order chi connectivity index (χ0) is 19.3. The van der Waals surface area contributed by atoms with Crippen molar-refractivity contribution >= 4 is 57.7 Å². The molecule has 0 aromatic heterocycles. The average Bonchev–Trinajstić information content (AvgIpc) is 2.56. The van der Waals surface area contributed by atoms with Gasteiger partial charge in [0, 0.05) is 16.7 Å². The van der Waals surface area contributed by atoms with Gasteiger partial charge in [0.2, 0.25) is 5.91 Å². The summed E-state index contributed by atoms with van der Waals surface area (Å²) in [7, 11) is 0. The third-order valence-electron chi connectivity index (χ3n) is 3.66. The van der Waals surface area contributed by atoms with Crippen LogP contribution < -0.4 is 10.6 Å². The Bertz CT molecular complexity index is 726. The van der Waals surface area contributed by atoms with Crippen molar-refractivity contribution in [2.75, 3.05) is 13.1 Å². The Balaban J connectivity index is 2.09. The van der Waals surface area contributed by atoms with E-state index in [0.29, 0.717) is 18.7 Å². The number of ether oxygens (including phenoxy) is 1. The van der Waals surface area contributed by atoms with Crippen molar-refractivity contribution in [1.29, 1.82) is 0 Å². The van der Waals surface area contributed by atoms with Gasteiger partial charge in [-0.2, -0.15) is 0 Å². The lowest BCUT2D eigenvalue weighted by molar-refractivity contribution is -0.150. The molecule has 7 nitrogen and oxygen atoms in total. The van der Waals surface area contributed by atoms with E-state index in [-0.39, 0.29) is 29.5 Å².